The lowest BCUT2D eigenvalue weighted by molar-refractivity contribution is -0.133. The number of fused-ring (bicyclic) bond motifs is 1. The van der Waals surface area contributed by atoms with E-state index in [1.54, 1.807) is 18.3 Å². The number of hydrogen-bond acceptors (Lipinski definition) is 4. The van der Waals surface area contributed by atoms with Crippen LogP contribution in [0.3, 0.4) is 0 Å². The van der Waals surface area contributed by atoms with Gasteiger partial charge in [0.15, 0.2) is 0 Å². The van der Waals surface area contributed by atoms with E-state index in [9.17, 15) is 4.79 Å². The van der Waals surface area contributed by atoms with Crippen molar-refractivity contribution in [1.29, 1.82) is 0 Å². The zero-order valence-corrected chi connectivity index (χ0v) is 13.1. The highest BCUT2D eigenvalue weighted by Gasteiger charge is 2.36. The van der Waals surface area contributed by atoms with E-state index in [1.807, 2.05) is 55.5 Å². The fourth-order valence-electron chi connectivity index (χ4n) is 2.73. The van der Waals surface area contributed by atoms with E-state index < -0.39 is 5.92 Å². The monoisotopic (exact) mass is 317 g/mol. The zero-order valence-electron chi connectivity index (χ0n) is 13.1. The SMILES string of the molecule is Cc1ccc(/C=C/c2ncc(C3C(=O)Oc4ccccc43)o2)cc1. The van der Waals surface area contributed by atoms with Gasteiger partial charge in [0.1, 0.15) is 17.4 Å². The van der Waals surface area contributed by atoms with E-state index >= 15 is 0 Å². The number of nitrogens with zero attached hydrogens (tertiary/aromatic N) is 1. The van der Waals surface area contributed by atoms with E-state index in [2.05, 4.69) is 4.98 Å². The van der Waals surface area contributed by atoms with E-state index in [0.717, 1.165) is 11.1 Å². The fraction of sp³-hybridized carbons (Fsp3) is 0.100. The predicted molar refractivity (Wildman–Crippen MR) is 90.5 cm³/mol. The van der Waals surface area contributed by atoms with Crippen LogP contribution in [-0.4, -0.2) is 11.0 Å². The van der Waals surface area contributed by atoms with Crippen molar-refractivity contribution in [3.63, 3.8) is 0 Å². The Bertz CT molecular complexity index is 922. The van der Waals surface area contributed by atoms with Crippen molar-refractivity contribution in [3.8, 4) is 5.75 Å². The van der Waals surface area contributed by atoms with Crippen molar-refractivity contribution in [3.05, 3.63) is 83.1 Å². The van der Waals surface area contributed by atoms with Gasteiger partial charge in [0, 0.05) is 11.6 Å². The Morgan fingerprint density at radius 2 is 1.83 bits per heavy atom. The Balaban J connectivity index is 1.59. The first-order valence-corrected chi connectivity index (χ1v) is 7.72. The van der Waals surface area contributed by atoms with Crippen LogP contribution in [0.5, 0.6) is 5.75 Å². The van der Waals surface area contributed by atoms with Crippen LogP contribution in [0, 0.1) is 6.92 Å². The molecular formula is C20H15NO3. The molecule has 0 saturated heterocycles. The molecule has 118 valence electrons. The number of oxazole rings is 1. The lowest BCUT2D eigenvalue weighted by Crippen LogP contribution is -2.10. The Hall–Kier alpha value is -3.14. The number of aromatic nitrogens is 1. The minimum absolute atomic E-state index is 0.332. The number of carbonyl (C=O) groups is 1. The first kappa shape index (κ1) is 14.5. The molecule has 0 spiro atoms. The molecule has 0 fully saturated rings. The molecule has 1 aliphatic rings. The maximum absolute atomic E-state index is 12.1. The second-order valence-electron chi connectivity index (χ2n) is 5.74. The predicted octanol–water partition coefficient (Wildman–Crippen LogP) is 4.20. The third kappa shape index (κ3) is 2.63. The molecule has 1 aliphatic heterocycles. The van der Waals surface area contributed by atoms with Crippen molar-refractivity contribution in [2.24, 2.45) is 0 Å². The molecule has 24 heavy (non-hydrogen) atoms. The van der Waals surface area contributed by atoms with Gasteiger partial charge in [0.2, 0.25) is 5.89 Å². The lowest BCUT2D eigenvalue weighted by Gasteiger charge is -2.01. The second kappa shape index (κ2) is 5.81. The number of ether oxygens (including phenoxy) is 1. The van der Waals surface area contributed by atoms with Gasteiger partial charge in [-0.3, -0.25) is 4.79 Å². The van der Waals surface area contributed by atoms with E-state index in [1.165, 1.54) is 5.56 Å². The molecule has 4 nitrogen and oxygen atoms in total. The number of rotatable bonds is 3. The fourth-order valence-corrected chi connectivity index (χ4v) is 2.73. The van der Waals surface area contributed by atoms with Crippen molar-refractivity contribution in [2.75, 3.05) is 0 Å². The minimum Gasteiger partial charge on any atom is -0.441 e. The van der Waals surface area contributed by atoms with Gasteiger partial charge in [-0.2, -0.15) is 0 Å². The standard InChI is InChI=1S/C20H15NO3/c1-13-6-8-14(9-7-13)10-11-18-21-12-17(23-18)19-15-4-2-3-5-16(15)24-20(19)22/h2-12,19H,1H3/b11-10+. The summed E-state index contributed by atoms with van der Waals surface area (Å²) in [6.07, 6.45) is 5.30. The van der Waals surface area contributed by atoms with Crippen LogP contribution in [0.1, 0.15) is 34.3 Å². The van der Waals surface area contributed by atoms with Crippen molar-refractivity contribution >= 4 is 18.1 Å². The van der Waals surface area contributed by atoms with Gasteiger partial charge >= 0.3 is 5.97 Å². The van der Waals surface area contributed by atoms with Crippen molar-refractivity contribution in [2.45, 2.75) is 12.8 Å². The Morgan fingerprint density at radius 1 is 1.04 bits per heavy atom. The Labute approximate surface area is 139 Å². The molecule has 0 radical (unpaired) electrons. The number of esters is 1. The third-order valence-corrected chi connectivity index (χ3v) is 4.00. The van der Waals surface area contributed by atoms with Gasteiger partial charge in [-0.05, 0) is 24.6 Å². The minimum atomic E-state index is -0.546. The Kier molecular flexibility index (Phi) is 3.50. The molecule has 3 aromatic rings. The van der Waals surface area contributed by atoms with E-state index in [0.29, 0.717) is 17.4 Å². The summed E-state index contributed by atoms with van der Waals surface area (Å²) >= 11 is 0. The summed E-state index contributed by atoms with van der Waals surface area (Å²) in [6.45, 7) is 2.05. The molecular weight excluding hydrogens is 302 g/mol. The number of para-hydroxylation sites is 1. The van der Waals surface area contributed by atoms with Crippen LogP contribution in [0.15, 0.2) is 59.1 Å². The average Bonchev–Trinajstić information content (AvgIpc) is 3.17. The molecule has 2 aromatic carbocycles. The Morgan fingerprint density at radius 3 is 2.67 bits per heavy atom. The summed E-state index contributed by atoms with van der Waals surface area (Å²) in [5.74, 6) is 0.661. The van der Waals surface area contributed by atoms with Gasteiger partial charge < -0.3 is 9.15 Å². The maximum atomic E-state index is 12.1. The first-order valence-electron chi connectivity index (χ1n) is 7.72. The average molecular weight is 317 g/mol. The van der Waals surface area contributed by atoms with Gasteiger partial charge in [0.25, 0.3) is 0 Å². The summed E-state index contributed by atoms with van der Waals surface area (Å²) < 4.78 is 11.0. The highest BCUT2D eigenvalue weighted by atomic mass is 16.5. The molecule has 0 amide bonds. The zero-order chi connectivity index (χ0) is 16.5. The summed E-state index contributed by atoms with van der Waals surface area (Å²) in [5, 5.41) is 0. The molecule has 2 heterocycles. The topological polar surface area (TPSA) is 52.3 Å². The molecule has 0 saturated carbocycles. The van der Waals surface area contributed by atoms with Crippen molar-refractivity contribution < 1.29 is 13.9 Å². The molecule has 1 atom stereocenters. The quantitative estimate of drug-likeness (QED) is 0.536. The summed E-state index contributed by atoms with van der Waals surface area (Å²) in [5.41, 5.74) is 3.09. The molecule has 1 aromatic heterocycles. The van der Waals surface area contributed by atoms with Crippen molar-refractivity contribution in [1.82, 2.24) is 4.98 Å². The summed E-state index contributed by atoms with van der Waals surface area (Å²) in [6, 6.07) is 15.5. The lowest BCUT2D eigenvalue weighted by atomic mass is 9.99. The number of aryl methyl sites for hydroxylation is 1. The summed E-state index contributed by atoms with van der Waals surface area (Å²) in [7, 11) is 0. The number of benzene rings is 2. The number of hydrogen-bond donors (Lipinski definition) is 0. The van der Waals surface area contributed by atoms with Crippen LogP contribution < -0.4 is 4.74 Å². The van der Waals surface area contributed by atoms with Crippen LogP contribution in [0.25, 0.3) is 12.2 Å². The molecule has 0 aliphatic carbocycles. The van der Waals surface area contributed by atoms with Crippen LogP contribution >= 0.6 is 0 Å². The third-order valence-electron chi connectivity index (χ3n) is 4.00. The molecule has 0 bridgehead atoms. The van der Waals surface area contributed by atoms with Crippen LogP contribution in [0.2, 0.25) is 0 Å². The maximum Gasteiger partial charge on any atom is 0.326 e. The van der Waals surface area contributed by atoms with Gasteiger partial charge in [0.05, 0.1) is 6.20 Å². The molecule has 4 heteroatoms. The smallest absolute Gasteiger partial charge is 0.326 e. The number of carbonyl (C=O) groups excluding carboxylic acids is 1. The van der Waals surface area contributed by atoms with E-state index in [-0.39, 0.29) is 5.97 Å². The van der Waals surface area contributed by atoms with Crippen LogP contribution in [0.4, 0.5) is 0 Å². The normalized spacial score (nSPS) is 16.4. The first-order chi connectivity index (χ1) is 11.7. The summed E-state index contributed by atoms with van der Waals surface area (Å²) in [4.78, 5) is 16.4. The largest absolute Gasteiger partial charge is 0.441 e. The second-order valence-corrected chi connectivity index (χ2v) is 5.74. The van der Waals surface area contributed by atoms with E-state index in [4.69, 9.17) is 9.15 Å². The van der Waals surface area contributed by atoms with Gasteiger partial charge in [-0.1, -0.05) is 48.0 Å². The molecule has 4 rings (SSSR count). The molecule has 1 unspecified atom stereocenters. The van der Waals surface area contributed by atoms with Gasteiger partial charge in [-0.25, -0.2) is 4.98 Å². The van der Waals surface area contributed by atoms with Crippen LogP contribution in [-0.2, 0) is 4.79 Å². The highest BCUT2D eigenvalue weighted by molar-refractivity contribution is 5.88. The van der Waals surface area contributed by atoms with Gasteiger partial charge in [-0.15, -0.1) is 0 Å². The highest BCUT2D eigenvalue weighted by Crippen LogP contribution is 2.39. The molecule has 0 N–H and O–H groups in total.